The molecular weight excluding hydrogens is 316 g/mol. The van der Waals surface area contributed by atoms with E-state index in [1.807, 2.05) is 0 Å². The zero-order valence-electron chi connectivity index (χ0n) is 12.8. The molecule has 0 aliphatic heterocycles. The van der Waals surface area contributed by atoms with Gasteiger partial charge in [-0.3, -0.25) is 9.59 Å². The summed E-state index contributed by atoms with van der Waals surface area (Å²) in [5, 5.41) is 26.1. The molecule has 0 radical (unpaired) electrons. The third-order valence-corrected chi connectivity index (χ3v) is 3.48. The molecule has 1 amide bonds. The summed E-state index contributed by atoms with van der Waals surface area (Å²) in [6, 6.07) is 9.20. The maximum absolute atomic E-state index is 12.2. The van der Waals surface area contributed by atoms with Crippen LogP contribution in [0.4, 0.5) is 5.82 Å². The van der Waals surface area contributed by atoms with Gasteiger partial charge in [0.2, 0.25) is 5.91 Å². The minimum Gasteiger partial charge on any atom is -0.481 e. The van der Waals surface area contributed by atoms with Crippen molar-refractivity contribution < 1.29 is 19.6 Å². The van der Waals surface area contributed by atoms with E-state index in [1.54, 1.807) is 30.3 Å². The second-order valence-corrected chi connectivity index (χ2v) is 5.21. The van der Waals surface area contributed by atoms with E-state index in [0.717, 1.165) is 4.68 Å². The second kappa shape index (κ2) is 7.36. The number of carboxylic acids is 1. The van der Waals surface area contributed by atoms with Gasteiger partial charge in [-0.25, -0.2) is 0 Å². The summed E-state index contributed by atoms with van der Waals surface area (Å²) in [7, 11) is 0. The van der Waals surface area contributed by atoms with Crippen molar-refractivity contribution in [1.82, 2.24) is 15.1 Å². The Morgan fingerprint density at radius 2 is 2.00 bits per heavy atom. The molecule has 1 aromatic carbocycles. The number of nitrogens with zero attached hydrogens (tertiary/aromatic N) is 3. The number of hydrogen-bond donors (Lipinski definition) is 2. The summed E-state index contributed by atoms with van der Waals surface area (Å²) in [5.41, 5.74) is 0.659. The van der Waals surface area contributed by atoms with Gasteiger partial charge >= 0.3 is 11.8 Å². The molecule has 0 spiro atoms. The highest BCUT2D eigenvalue weighted by atomic mass is 16.6. The fourth-order valence-electron chi connectivity index (χ4n) is 2.20. The van der Waals surface area contributed by atoms with Crippen molar-refractivity contribution in [2.24, 2.45) is 5.92 Å². The molecule has 2 N–H and O–H groups in total. The maximum atomic E-state index is 12.2. The van der Waals surface area contributed by atoms with Gasteiger partial charge in [0.25, 0.3) is 0 Å². The Balaban J connectivity index is 2.12. The van der Waals surface area contributed by atoms with E-state index in [9.17, 15) is 24.8 Å². The van der Waals surface area contributed by atoms with Gasteiger partial charge in [-0.2, -0.15) is 4.68 Å². The van der Waals surface area contributed by atoms with E-state index in [1.165, 1.54) is 19.2 Å². The van der Waals surface area contributed by atoms with Crippen LogP contribution in [-0.2, 0) is 16.1 Å². The van der Waals surface area contributed by atoms with Gasteiger partial charge in [0.1, 0.15) is 6.54 Å². The summed E-state index contributed by atoms with van der Waals surface area (Å²) in [6.07, 6.45) is 1.32. The molecule has 0 saturated carbocycles. The van der Waals surface area contributed by atoms with E-state index in [-0.39, 0.29) is 12.4 Å². The van der Waals surface area contributed by atoms with Crippen LogP contribution < -0.4 is 5.32 Å². The third kappa shape index (κ3) is 4.15. The minimum absolute atomic E-state index is 0.247. The van der Waals surface area contributed by atoms with Crippen LogP contribution in [0.25, 0.3) is 0 Å². The van der Waals surface area contributed by atoms with Crippen molar-refractivity contribution in [1.29, 1.82) is 0 Å². The summed E-state index contributed by atoms with van der Waals surface area (Å²) >= 11 is 0. The van der Waals surface area contributed by atoms with Gasteiger partial charge in [0.15, 0.2) is 0 Å². The molecule has 0 fully saturated rings. The van der Waals surface area contributed by atoms with Gasteiger partial charge in [0.05, 0.1) is 29.3 Å². The van der Waals surface area contributed by atoms with Crippen molar-refractivity contribution in [2.45, 2.75) is 19.5 Å². The minimum atomic E-state index is -1.04. The Morgan fingerprint density at radius 1 is 1.33 bits per heavy atom. The first kappa shape index (κ1) is 17.1. The van der Waals surface area contributed by atoms with Crippen molar-refractivity contribution in [3.63, 3.8) is 0 Å². The van der Waals surface area contributed by atoms with Crippen LogP contribution in [0.15, 0.2) is 42.6 Å². The molecule has 1 aromatic heterocycles. The second-order valence-electron chi connectivity index (χ2n) is 5.21. The van der Waals surface area contributed by atoms with E-state index in [4.69, 9.17) is 0 Å². The molecule has 9 heteroatoms. The monoisotopic (exact) mass is 332 g/mol. The predicted octanol–water partition coefficient (Wildman–Crippen LogP) is 1.37. The number of benzene rings is 1. The van der Waals surface area contributed by atoms with Crippen LogP contribution >= 0.6 is 0 Å². The molecule has 2 unspecified atom stereocenters. The molecule has 9 nitrogen and oxygen atoms in total. The fourth-order valence-corrected chi connectivity index (χ4v) is 2.20. The maximum Gasteiger partial charge on any atom is 0.389 e. The average molecular weight is 332 g/mol. The van der Waals surface area contributed by atoms with Gasteiger partial charge in [0, 0.05) is 0 Å². The number of amides is 1. The number of rotatable bonds is 7. The zero-order valence-corrected chi connectivity index (χ0v) is 12.8. The molecule has 1 heterocycles. The Labute approximate surface area is 137 Å². The lowest BCUT2D eigenvalue weighted by molar-refractivity contribution is -0.389. The van der Waals surface area contributed by atoms with Gasteiger partial charge in [-0.05, 0) is 17.4 Å². The molecule has 126 valence electrons. The Morgan fingerprint density at radius 3 is 2.54 bits per heavy atom. The van der Waals surface area contributed by atoms with Crippen LogP contribution in [0.3, 0.4) is 0 Å². The SMILES string of the molecule is CC(C(=O)O)C(NC(=O)Cn1ccc([N+](=O)[O-])n1)c1ccccc1. The first-order valence-corrected chi connectivity index (χ1v) is 7.13. The third-order valence-electron chi connectivity index (χ3n) is 3.48. The Kier molecular flexibility index (Phi) is 5.25. The average Bonchev–Trinajstić information content (AvgIpc) is 3.01. The summed E-state index contributed by atoms with van der Waals surface area (Å²) < 4.78 is 1.13. The van der Waals surface area contributed by atoms with Crippen LogP contribution in [-0.4, -0.2) is 31.7 Å². The molecule has 0 aliphatic rings. The topological polar surface area (TPSA) is 127 Å². The van der Waals surface area contributed by atoms with E-state index in [0.29, 0.717) is 5.56 Å². The summed E-state index contributed by atoms with van der Waals surface area (Å²) in [6.45, 7) is 1.25. The predicted molar refractivity (Wildman–Crippen MR) is 83.0 cm³/mol. The number of aliphatic carboxylic acids is 1. The molecule has 0 aliphatic carbocycles. The van der Waals surface area contributed by atoms with Crippen molar-refractivity contribution in [3.8, 4) is 0 Å². The number of nitrogens with one attached hydrogen (secondary N) is 1. The first-order chi connectivity index (χ1) is 11.4. The van der Waals surface area contributed by atoms with Crippen molar-refractivity contribution >= 4 is 17.7 Å². The highest BCUT2D eigenvalue weighted by molar-refractivity contribution is 5.78. The molecule has 2 rings (SSSR count). The smallest absolute Gasteiger partial charge is 0.389 e. The molecule has 2 atom stereocenters. The standard InChI is InChI=1S/C15H16N4O5/c1-10(15(21)22)14(11-5-3-2-4-6-11)16-13(20)9-18-8-7-12(17-18)19(23)24/h2-8,10,14H,9H2,1H3,(H,16,20)(H,21,22). The summed E-state index contributed by atoms with van der Waals surface area (Å²) in [4.78, 5) is 33.4. The molecule has 0 bridgehead atoms. The number of nitro groups is 1. The molecular formula is C15H16N4O5. The van der Waals surface area contributed by atoms with E-state index >= 15 is 0 Å². The van der Waals surface area contributed by atoms with Crippen LogP contribution in [0.5, 0.6) is 0 Å². The van der Waals surface area contributed by atoms with Crippen molar-refractivity contribution in [2.75, 3.05) is 0 Å². The molecule has 0 saturated heterocycles. The number of aromatic nitrogens is 2. The number of carboxylic acid groups (broad SMARTS) is 1. The largest absolute Gasteiger partial charge is 0.481 e. The fraction of sp³-hybridized carbons (Fsp3) is 0.267. The number of carbonyl (C=O) groups excluding carboxylic acids is 1. The number of hydrogen-bond acceptors (Lipinski definition) is 5. The molecule has 24 heavy (non-hydrogen) atoms. The Hall–Kier alpha value is -3.23. The van der Waals surface area contributed by atoms with Gasteiger partial charge in [-0.15, -0.1) is 0 Å². The number of carbonyl (C=O) groups is 2. The quantitative estimate of drug-likeness (QED) is 0.582. The van der Waals surface area contributed by atoms with Crippen LogP contribution in [0.1, 0.15) is 18.5 Å². The van der Waals surface area contributed by atoms with E-state index < -0.39 is 28.8 Å². The highest BCUT2D eigenvalue weighted by Gasteiger charge is 2.27. The van der Waals surface area contributed by atoms with Crippen LogP contribution in [0, 0.1) is 16.0 Å². The van der Waals surface area contributed by atoms with E-state index in [2.05, 4.69) is 10.4 Å². The lowest BCUT2D eigenvalue weighted by atomic mass is 9.94. The lowest BCUT2D eigenvalue weighted by Gasteiger charge is -2.22. The van der Waals surface area contributed by atoms with Crippen LogP contribution in [0.2, 0.25) is 0 Å². The lowest BCUT2D eigenvalue weighted by Crippen LogP contribution is -2.37. The first-order valence-electron chi connectivity index (χ1n) is 7.13. The van der Waals surface area contributed by atoms with Crippen molar-refractivity contribution in [3.05, 3.63) is 58.3 Å². The van der Waals surface area contributed by atoms with Gasteiger partial charge in [-0.1, -0.05) is 30.3 Å². The molecule has 2 aromatic rings. The van der Waals surface area contributed by atoms with Gasteiger partial charge < -0.3 is 20.5 Å². The Bertz CT molecular complexity index is 743. The highest BCUT2D eigenvalue weighted by Crippen LogP contribution is 2.22. The normalized spacial score (nSPS) is 13.0. The summed E-state index contributed by atoms with van der Waals surface area (Å²) in [5.74, 6) is -2.74. The zero-order chi connectivity index (χ0) is 17.7.